The molecule has 1 heterocycles. The van der Waals surface area contributed by atoms with Crippen LogP contribution in [0, 0.1) is 27.7 Å². The van der Waals surface area contributed by atoms with Gasteiger partial charge in [-0.25, -0.2) is 4.57 Å². The molecule has 1 nitrogen and oxygen atoms in total. The molecule has 0 bridgehead atoms. The van der Waals surface area contributed by atoms with Crippen molar-refractivity contribution >= 4 is 0 Å². The van der Waals surface area contributed by atoms with Gasteiger partial charge < -0.3 is 0 Å². The van der Waals surface area contributed by atoms with Gasteiger partial charge in [-0.15, -0.1) is 0 Å². The molecule has 1 heteroatoms. The van der Waals surface area contributed by atoms with Crippen LogP contribution in [0.3, 0.4) is 0 Å². The van der Waals surface area contributed by atoms with E-state index < -0.39 is 0 Å². The zero-order valence-electron chi connectivity index (χ0n) is 14.6. The van der Waals surface area contributed by atoms with Crippen LogP contribution < -0.4 is 4.57 Å². The standard InChI is InChI=1S/C22H24N/c1-15-6-9-19(10-7-15)21-13-22(23(5)14-18(21)4)20-11-8-16(2)12-17(20)3/h6-14H,1-5H3/q+1. The highest BCUT2D eigenvalue weighted by Gasteiger charge is 2.16. The molecule has 0 spiro atoms. The highest BCUT2D eigenvalue weighted by Crippen LogP contribution is 2.28. The van der Waals surface area contributed by atoms with Crippen molar-refractivity contribution in [3.05, 3.63) is 77.0 Å². The van der Waals surface area contributed by atoms with Gasteiger partial charge in [-0.05, 0) is 50.5 Å². The monoisotopic (exact) mass is 302 g/mol. The fourth-order valence-corrected chi connectivity index (χ4v) is 3.19. The number of benzene rings is 2. The van der Waals surface area contributed by atoms with Crippen LogP contribution in [-0.4, -0.2) is 0 Å². The van der Waals surface area contributed by atoms with Crippen molar-refractivity contribution in [1.29, 1.82) is 0 Å². The predicted octanol–water partition coefficient (Wildman–Crippen LogP) is 5.08. The molecule has 0 aliphatic rings. The Labute approximate surface area is 139 Å². The normalized spacial score (nSPS) is 10.8. The van der Waals surface area contributed by atoms with Crippen LogP contribution >= 0.6 is 0 Å². The van der Waals surface area contributed by atoms with Gasteiger partial charge in [-0.3, -0.25) is 0 Å². The lowest BCUT2D eigenvalue weighted by atomic mass is 9.96. The van der Waals surface area contributed by atoms with Crippen molar-refractivity contribution in [3.8, 4) is 22.4 Å². The van der Waals surface area contributed by atoms with Gasteiger partial charge in [0, 0.05) is 17.2 Å². The number of aryl methyl sites for hydroxylation is 5. The van der Waals surface area contributed by atoms with Gasteiger partial charge in [0.1, 0.15) is 7.05 Å². The lowest BCUT2D eigenvalue weighted by Crippen LogP contribution is -2.31. The highest BCUT2D eigenvalue weighted by atomic mass is 14.9. The summed E-state index contributed by atoms with van der Waals surface area (Å²) in [5.74, 6) is 0. The van der Waals surface area contributed by atoms with Gasteiger partial charge in [0.05, 0.1) is 0 Å². The molecule has 23 heavy (non-hydrogen) atoms. The van der Waals surface area contributed by atoms with Gasteiger partial charge in [0.15, 0.2) is 6.20 Å². The van der Waals surface area contributed by atoms with Crippen LogP contribution in [0.4, 0.5) is 0 Å². The summed E-state index contributed by atoms with van der Waals surface area (Å²) >= 11 is 0. The summed E-state index contributed by atoms with van der Waals surface area (Å²) in [5.41, 5.74) is 10.3. The van der Waals surface area contributed by atoms with E-state index in [9.17, 15) is 0 Å². The third-order valence-corrected chi connectivity index (χ3v) is 4.49. The Balaban J connectivity index is 2.19. The first-order chi connectivity index (χ1) is 11.0. The molecule has 0 aliphatic heterocycles. The topological polar surface area (TPSA) is 3.88 Å². The largest absolute Gasteiger partial charge is 0.213 e. The molecule has 116 valence electrons. The van der Waals surface area contributed by atoms with Crippen LogP contribution in [0.25, 0.3) is 22.4 Å². The van der Waals surface area contributed by atoms with Gasteiger partial charge in [-0.2, -0.15) is 0 Å². The molecule has 0 saturated heterocycles. The maximum atomic E-state index is 2.32. The van der Waals surface area contributed by atoms with E-state index in [0.29, 0.717) is 0 Å². The molecule has 0 aliphatic carbocycles. The summed E-state index contributed by atoms with van der Waals surface area (Å²) in [6.07, 6.45) is 2.23. The van der Waals surface area contributed by atoms with E-state index >= 15 is 0 Å². The second kappa shape index (κ2) is 6.00. The first-order valence-electron chi connectivity index (χ1n) is 8.10. The number of aromatic nitrogens is 1. The maximum Gasteiger partial charge on any atom is 0.213 e. The zero-order valence-corrected chi connectivity index (χ0v) is 14.6. The predicted molar refractivity (Wildman–Crippen MR) is 97.4 cm³/mol. The summed E-state index contributed by atoms with van der Waals surface area (Å²) in [7, 11) is 2.13. The number of hydrogen-bond acceptors (Lipinski definition) is 0. The van der Waals surface area contributed by atoms with Gasteiger partial charge in [0.25, 0.3) is 0 Å². The van der Waals surface area contributed by atoms with E-state index in [4.69, 9.17) is 0 Å². The molecule has 0 saturated carbocycles. The Bertz CT molecular complexity index is 858. The third-order valence-electron chi connectivity index (χ3n) is 4.49. The van der Waals surface area contributed by atoms with Crippen LogP contribution in [0.1, 0.15) is 22.3 Å². The van der Waals surface area contributed by atoms with Crippen LogP contribution in [0.5, 0.6) is 0 Å². The van der Waals surface area contributed by atoms with E-state index in [-0.39, 0.29) is 0 Å². The first-order valence-corrected chi connectivity index (χ1v) is 8.10. The minimum absolute atomic E-state index is 1.25. The smallest absolute Gasteiger partial charge is 0.201 e. The molecule has 0 atom stereocenters. The van der Waals surface area contributed by atoms with E-state index in [0.717, 1.165) is 0 Å². The average molecular weight is 302 g/mol. The molecule has 0 fully saturated rings. The Hall–Kier alpha value is -2.41. The van der Waals surface area contributed by atoms with Crippen LogP contribution in [-0.2, 0) is 7.05 Å². The first kappa shape index (κ1) is 15.5. The molecule has 3 rings (SSSR count). The summed E-state index contributed by atoms with van der Waals surface area (Å²) in [4.78, 5) is 0. The number of rotatable bonds is 2. The van der Waals surface area contributed by atoms with Crippen molar-refractivity contribution in [2.75, 3.05) is 0 Å². The molecule has 0 unspecified atom stereocenters. The molecule has 0 amide bonds. The maximum absolute atomic E-state index is 2.32. The number of hydrogen-bond donors (Lipinski definition) is 0. The number of nitrogens with zero attached hydrogens (tertiary/aromatic N) is 1. The molecule has 1 aromatic heterocycles. The molecule has 0 radical (unpaired) electrons. The average Bonchev–Trinajstić information content (AvgIpc) is 2.49. The van der Waals surface area contributed by atoms with Crippen molar-refractivity contribution in [3.63, 3.8) is 0 Å². The van der Waals surface area contributed by atoms with E-state index in [1.807, 2.05) is 0 Å². The minimum atomic E-state index is 1.25. The second-order valence-electron chi connectivity index (χ2n) is 6.55. The zero-order chi connectivity index (χ0) is 16.6. The molecule has 3 aromatic rings. The SMILES string of the molecule is Cc1ccc(-c2cc(-c3ccc(C)cc3C)[n+](C)cc2C)cc1. The quantitative estimate of drug-likeness (QED) is 0.581. The van der Waals surface area contributed by atoms with Crippen LogP contribution in [0.2, 0.25) is 0 Å². The minimum Gasteiger partial charge on any atom is -0.201 e. The lowest BCUT2D eigenvalue weighted by Gasteiger charge is -2.10. The van der Waals surface area contributed by atoms with Gasteiger partial charge in [0.2, 0.25) is 5.69 Å². The van der Waals surface area contributed by atoms with Crippen molar-refractivity contribution in [1.82, 2.24) is 0 Å². The Kier molecular flexibility index (Phi) is 4.04. The Morgan fingerprint density at radius 2 is 1.30 bits per heavy atom. The number of pyridine rings is 1. The van der Waals surface area contributed by atoms with Crippen LogP contribution in [0.15, 0.2) is 54.7 Å². The Morgan fingerprint density at radius 1 is 0.652 bits per heavy atom. The Morgan fingerprint density at radius 3 is 1.96 bits per heavy atom. The molecular weight excluding hydrogens is 278 g/mol. The molecular formula is C22H24N+. The molecule has 2 aromatic carbocycles. The van der Waals surface area contributed by atoms with E-state index in [2.05, 4.69) is 94.0 Å². The highest BCUT2D eigenvalue weighted by molar-refractivity contribution is 5.72. The summed E-state index contributed by atoms with van der Waals surface area (Å²) < 4.78 is 2.23. The van der Waals surface area contributed by atoms with E-state index in [1.54, 1.807) is 0 Å². The summed E-state index contributed by atoms with van der Waals surface area (Å²) in [6, 6.07) is 17.8. The molecule has 0 N–H and O–H groups in total. The summed E-state index contributed by atoms with van der Waals surface area (Å²) in [5, 5.41) is 0. The fraction of sp³-hybridized carbons (Fsp3) is 0.227. The lowest BCUT2D eigenvalue weighted by molar-refractivity contribution is -0.660. The third kappa shape index (κ3) is 3.05. The van der Waals surface area contributed by atoms with E-state index in [1.165, 1.54) is 44.6 Å². The van der Waals surface area contributed by atoms with Crippen molar-refractivity contribution < 1.29 is 4.57 Å². The summed E-state index contributed by atoms with van der Waals surface area (Å²) in [6.45, 7) is 8.64. The van der Waals surface area contributed by atoms with Crippen molar-refractivity contribution in [2.24, 2.45) is 7.05 Å². The van der Waals surface area contributed by atoms with Gasteiger partial charge >= 0.3 is 0 Å². The van der Waals surface area contributed by atoms with Crippen molar-refractivity contribution in [2.45, 2.75) is 27.7 Å². The second-order valence-corrected chi connectivity index (χ2v) is 6.55. The fourth-order valence-electron chi connectivity index (χ4n) is 3.19. The van der Waals surface area contributed by atoms with Gasteiger partial charge in [-0.1, -0.05) is 47.5 Å².